The molecule has 1 nitrogen and oxygen atoms in total. The van der Waals surface area contributed by atoms with Crippen LogP contribution in [0.3, 0.4) is 0 Å². The maximum atomic E-state index is 13.7. The Hall–Kier alpha value is -1.74. The van der Waals surface area contributed by atoms with Crippen molar-refractivity contribution in [2.24, 2.45) is 0 Å². The second kappa shape index (κ2) is 5.93. The van der Waals surface area contributed by atoms with Gasteiger partial charge < -0.3 is 5.32 Å². The van der Waals surface area contributed by atoms with E-state index in [1.165, 1.54) is 12.1 Å². The zero-order valence-electron chi connectivity index (χ0n) is 11.0. The molecule has 2 atom stereocenters. The van der Waals surface area contributed by atoms with Crippen LogP contribution in [0.4, 0.5) is 8.78 Å². The molecule has 0 aliphatic carbocycles. The van der Waals surface area contributed by atoms with Crippen molar-refractivity contribution in [3.63, 3.8) is 0 Å². The summed E-state index contributed by atoms with van der Waals surface area (Å²) in [6, 6.07) is 12.9. The molecule has 1 N–H and O–H groups in total. The van der Waals surface area contributed by atoms with Gasteiger partial charge in [-0.3, -0.25) is 0 Å². The fraction of sp³-hybridized carbons (Fsp3) is 0.250. The van der Waals surface area contributed by atoms with Crippen LogP contribution in [0.15, 0.2) is 48.5 Å². The van der Waals surface area contributed by atoms with Crippen molar-refractivity contribution in [1.82, 2.24) is 5.32 Å². The zero-order valence-corrected chi connectivity index (χ0v) is 11.0. The molecule has 0 saturated heterocycles. The SMILES string of the molecule is CC(NC(C)c1ccccc1F)c1ccccc1F. The number of nitrogens with one attached hydrogen (secondary N) is 1. The molecule has 2 aromatic rings. The van der Waals surface area contributed by atoms with Crippen LogP contribution in [0.1, 0.15) is 37.1 Å². The third-order valence-electron chi connectivity index (χ3n) is 3.24. The van der Waals surface area contributed by atoms with E-state index < -0.39 is 0 Å². The Kier molecular flexibility index (Phi) is 4.27. The summed E-state index contributed by atoms with van der Waals surface area (Å²) >= 11 is 0. The monoisotopic (exact) mass is 261 g/mol. The third-order valence-corrected chi connectivity index (χ3v) is 3.24. The van der Waals surface area contributed by atoms with Crippen molar-refractivity contribution < 1.29 is 8.78 Å². The van der Waals surface area contributed by atoms with Crippen LogP contribution in [0.2, 0.25) is 0 Å². The van der Waals surface area contributed by atoms with Gasteiger partial charge in [0.1, 0.15) is 11.6 Å². The number of halogens is 2. The van der Waals surface area contributed by atoms with Gasteiger partial charge in [-0.05, 0) is 26.0 Å². The molecule has 0 aliphatic heterocycles. The molecular weight excluding hydrogens is 244 g/mol. The normalized spacial score (nSPS) is 14.1. The summed E-state index contributed by atoms with van der Waals surface area (Å²) in [7, 11) is 0. The highest BCUT2D eigenvalue weighted by atomic mass is 19.1. The van der Waals surface area contributed by atoms with Crippen molar-refractivity contribution in [3.05, 3.63) is 71.3 Å². The van der Waals surface area contributed by atoms with E-state index in [0.29, 0.717) is 11.1 Å². The predicted molar refractivity (Wildman–Crippen MR) is 72.8 cm³/mol. The Morgan fingerprint density at radius 3 is 1.47 bits per heavy atom. The van der Waals surface area contributed by atoms with Gasteiger partial charge in [0.25, 0.3) is 0 Å². The van der Waals surface area contributed by atoms with Gasteiger partial charge in [-0.25, -0.2) is 8.78 Å². The second-order valence-corrected chi connectivity index (χ2v) is 4.65. The molecule has 0 aromatic heterocycles. The van der Waals surface area contributed by atoms with E-state index in [-0.39, 0.29) is 23.7 Å². The van der Waals surface area contributed by atoms with E-state index in [9.17, 15) is 8.78 Å². The minimum Gasteiger partial charge on any atom is -0.303 e. The number of rotatable bonds is 4. The topological polar surface area (TPSA) is 12.0 Å². The molecule has 2 rings (SSSR count). The smallest absolute Gasteiger partial charge is 0.127 e. The highest BCUT2D eigenvalue weighted by Gasteiger charge is 2.15. The maximum Gasteiger partial charge on any atom is 0.127 e. The van der Waals surface area contributed by atoms with Gasteiger partial charge in [-0.2, -0.15) is 0 Å². The standard InChI is InChI=1S/C16H17F2N/c1-11(13-7-3-5-9-15(13)17)19-12(2)14-8-4-6-10-16(14)18/h3-12,19H,1-2H3. The summed E-state index contributed by atoms with van der Waals surface area (Å²) in [5.74, 6) is -0.494. The lowest BCUT2D eigenvalue weighted by molar-refractivity contribution is 0.459. The Labute approximate surface area is 112 Å². The molecule has 0 saturated carbocycles. The molecule has 0 fully saturated rings. The number of benzene rings is 2. The highest BCUT2D eigenvalue weighted by Crippen LogP contribution is 2.22. The van der Waals surface area contributed by atoms with Gasteiger partial charge in [-0.1, -0.05) is 36.4 Å². The zero-order chi connectivity index (χ0) is 13.8. The van der Waals surface area contributed by atoms with Gasteiger partial charge >= 0.3 is 0 Å². The quantitative estimate of drug-likeness (QED) is 0.861. The Bertz CT molecular complexity index is 504. The summed E-state index contributed by atoms with van der Waals surface area (Å²) < 4.78 is 27.3. The first-order valence-electron chi connectivity index (χ1n) is 6.34. The van der Waals surface area contributed by atoms with E-state index in [0.717, 1.165) is 0 Å². The molecule has 2 unspecified atom stereocenters. The minimum absolute atomic E-state index is 0.184. The average molecular weight is 261 g/mol. The van der Waals surface area contributed by atoms with Crippen LogP contribution in [0.5, 0.6) is 0 Å². The molecule has 0 heterocycles. The van der Waals surface area contributed by atoms with E-state index in [1.54, 1.807) is 36.4 Å². The van der Waals surface area contributed by atoms with Crippen LogP contribution in [0, 0.1) is 11.6 Å². The molecule has 0 amide bonds. The van der Waals surface area contributed by atoms with Crippen molar-refractivity contribution in [2.45, 2.75) is 25.9 Å². The summed E-state index contributed by atoms with van der Waals surface area (Å²) in [4.78, 5) is 0. The van der Waals surface area contributed by atoms with Crippen LogP contribution >= 0.6 is 0 Å². The van der Waals surface area contributed by atoms with Crippen LogP contribution in [-0.2, 0) is 0 Å². The number of hydrogen-bond donors (Lipinski definition) is 1. The van der Waals surface area contributed by atoms with Crippen LogP contribution in [-0.4, -0.2) is 0 Å². The molecule has 0 spiro atoms. The van der Waals surface area contributed by atoms with Crippen molar-refractivity contribution in [2.75, 3.05) is 0 Å². The molecule has 0 radical (unpaired) electrons. The fourth-order valence-electron chi connectivity index (χ4n) is 2.21. The highest BCUT2D eigenvalue weighted by molar-refractivity contribution is 5.23. The Morgan fingerprint density at radius 1 is 0.737 bits per heavy atom. The van der Waals surface area contributed by atoms with Gasteiger partial charge in [-0.15, -0.1) is 0 Å². The summed E-state index contributed by atoms with van der Waals surface area (Å²) in [5.41, 5.74) is 1.18. The van der Waals surface area contributed by atoms with Crippen LogP contribution < -0.4 is 5.32 Å². The van der Waals surface area contributed by atoms with Crippen molar-refractivity contribution >= 4 is 0 Å². The lowest BCUT2D eigenvalue weighted by Crippen LogP contribution is -2.23. The first-order valence-corrected chi connectivity index (χ1v) is 6.34. The van der Waals surface area contributed by atoms with E-state index in [1.807, 2.05) is 13.8 Å². The van der Waals surface area contributed by atoms with E-state index >= 15 is 0 Å². The average Bonchev–Trinajstić information content (AvgIpc) is 2.39. The second-order valence-electron chi connectivity index (χ2n) is 4.65. The molecule has 2 aromatic carbocycles. The number of hydrogen-bond acceptors (Lipinski definition) is 1. The van der Waals surface area contributed by atoms with Gasteiger partial charge in [0.15, 0.2) is 0 Å². The first kappa shape index (κ1) is 13.7. The molecule has 0 aliphatic rings. The maximum absolute atomic E-state index is 13.7. The largest absolute Gasteiger partial charge is 0.303 e. The molecule has 0 bridgehead atoms. The van der Waals surface area contributed by atoms with Gasteiger partial charge in [0.05, 0.1) is 0 Å². The Balaban J connectivity index is 2.13. The first-order chi connectivity index (χ1) is 9.09. The predicted octanol–water partition coefficient (Wildman–Crippen LogP) is 4.38. The summed E-state index contributed by atoms with van der Waals surface area (Å²) in [6.07, 6.45) is 0. The van der Waals surface area contributed by atoms with Crippen LogP contribution in [0.25, 0.3) is 0 Å². The lowest BCUT2D eigenvalue weighted by Gasteiger charge is -2.21. The Morgan fingerprint density at radius 2 is 1.11 bits per heavy atom. The lowest BCUT2D eigenvalue weighted by atomic mass is 10.0. The van der Waals surface area contributed by atoms with Crippen molar-refractivity contribution in [3.8, 4) is 0 Å². The fourth-order valence-corrected chi connectivity index (χ4v) is 2.21. The molecule has 3 heteroatoms. The van der Waals surface area contributed by atoms with Gasteiger partial charge in [0.2, 0.25) is 0 Å². The third kappa shape index (κ3) is 3.18. The molecule has 100 valence electrons. The molecular formula is C16H17F2N. The summed E-state index contributed by atoms with van der Waals surface area (Å²) in [6.45, 7) is 3.74. The van der Waals surface area contributed by atoms with Gasteiger partial charge in [0, 0.05) is 23.2 Å². The summed E-state index contributed by atoms with van der Waals surface area (Å²) in [5, 5.41) is 3.21. The van der Waals surface area contributed by atoms with Crippen molar-refractivity contribution in [1.29, 1.82) is 0 Å². The van der Waals surface area contributed by atoms with E-state index in [4.69, 9.17) is 0 Å². The minimum atomic E-state index is -0.247. The van der Waals surface area contributed by atoms with E-state index in [2.05, 4.69) is 5.32 Å². The molecule has 19 heavy (non-hydrogen) atoms.